The third-order valence-electron chi connectivity index (χ3n) is 4.00. The van der Waals surface area contributed by atoms with Gasteiger partial charge in [0, 0.05) is 0 Å². The second-order valence-electron chi connectivity index (χ2n) is 4.82. The van der Waals surface area contributed by atoms with Crippen LogP contribution in [0, 0.1) is 23.2 Å². The fourth-order valence-electron chi connectivity index (χ4n) is 3.28. The van der Waals surface area contributed by atoms with Crippen LogP contribution in [0.4, 0.5) is 0 Å². The van der Waals surface area contributed by atoms with E-state index in [1.807, 2.05) is 0 Å². The lowest BCUT2D eigenvalue weighted by molar-refractivity contribution is -0.156. The Labute approximate surface area is 81.9 Å². The average Bonchev–Trinajstić information content (AvgIpc) is 2.60. The summed E-state index contributed by atoms with van der Waals surface area (Å²) in [4.78, 5) is 22.0. The van der Waals surface area contributed by atoms with Gasteiger partial charge < -0.3 is 10.2 Å². The monoisotopic (exact) mass is 198 g/mol. The van der Waals surface area contributed by atoms with Crippen LogP contribution >= 0.6 is 0 Å². The van der Waals surface area contributed by atoms with E-state index in [9.17, 15) is 9.59 Å². The largest absolute Gasteiger partial charge is 0.481 e. The molecule has 0 saturated heterocycles. The topological polar surface area (TPSA) is 74.6 Å². The first kappa shape index (κ1) is 9.49. The molecule has 4 unspecified atom stereocenters. The maximum atomic E-state index is 11.1. The zero-order chi connectivity index (χ0) is 10.5. The molecule has 2 saturated carbocycles. The van der Waals surface area contributed by atoms with Crippen LogP contribution in [0.2, 0.25) is 0 Å². The predicted octanol–water partition coefficient (Wildman–Crippen LogP) is 1.21. The van der Waals surface area contributed by atoms with E-state index in [1.165, 1.54) is 0 Å². The molecule has 0 spiro atoms. The van der Waals surface area contributed by atoms with Gasteiger partial charge in [0.2, 0.25) is 0 Å². The Morgan fingerprint density at radius 3 is 2.36 bits per heavy atom. The maximum Gasteiger partial charge on any atom is 0.309 e. The molecule has 4 nitrogen and oxygen atoms in total. The summed E-state index contributed by atoms with van der Waals surface area (Å²) in [5.41, 5.74) is -0.800. The molecule has 0 aromatic carbocycles. The van der Waals surface area contributed by atoms with E-state index in [0.717, 1.165) is 6.42 Å². The number of aliphatic carboxylic acids is 2. The standard InChI is InChI=1S/C10H14O4/c1-10(9(13)14)4-5-2-6(8(11)12)7(10)3-5/h5-7H,2-4H2,1H3,(H,11,12)(H,13,14). The molecule has 0 aromatic heterocycles. The van der Waals surface area contributed by atoms with Crippen molar-refractivity contribution in [1.29, 1.82) is 0 Å². The summed E-state index contributed by atoms with van der Waals surface area (Å²) in [6.07, 6.45) is 2.10. The number of hydrogen-bond acceptors (Lipinski definition) is 2. The molecule has 2 bridgehead atoms. The van der Waals surface area contributed by atoms with Gasteiger partial charge in [0.15, 0.2) is 0 Å². The highest BCUT2D eigenvalue weighted by molar-refractivity contribution is 5.78. The van der Waals surface area contributed by atoms with Crippen LogP contribution in [0.15, 0.2) is 0 Å². The number of fused-ring (bicyclic) bond motifs is 2. The van der Waals surface area contributed by atoms with Gasteiger partial charge in [-0.1, -0.05) is 0 Å². The molecular formula is C10H14O4. The van der Waals surface area contributed by atoms with Crippen LogP contribution in [-0.4, -0.2) is 22.2 Å². The molecule has 0 aliphatic heterocycles. The van der Waals surface area contributed by atoms with E-state index in [4.69, 9.17) is 10.2 Å². The number of carboxylic acid groups (broad SMARTS) is 2. The van der Waals surface area contributed by atoms with Gasteiger partial charge in [-0.3, -0.25) is 9.59 Å². The molecule has 0 amide bonds. The Morgan fingerprint density at radius 2 is 1.93 bits per heavy atom. The van der Waals surface area contributed by atoms with E-state index in [1.54, 1.807) is 6.92 Å². The van der Waals surface area contributed by atoms with Crippen LogP contribution in [0.3, 0.4) is 0 Å². The highest BCUT2D eigenvalue weighted by Crippen LogP contribution is 2.58. The summed E-state index contributed by atoms with van der Waals surface area (Å²) in [7, 11) is 0. The number of hydrogen-bond donors (Lipinski definition) is 2. The molecule has 4 heteroatoms. The lowest BCUT2D eigenvalue weighted by atomic mass is 9.70. The van der Waals surface area contributed by atoms with Crippen LogP contribution in [0.1, 0.15) is 26.2 Å². The lowest BCUT2D eigenvalue weighted by Gasteiger charge is -2.33. The quantitative estimate of drug-likeness (QED) is 0.699. The fourth-order valence-corrected chi connectivity index (χ4v) is 3.28. The molecule has 2 aliphatic rings. The van der Waals surface area contributed by atoms with Gasteiger partial charge in [-0.2, -0.15) is 0 Å². The first-order valence-corrected chi connectivity index (χ1v) is 4.91. The highest BCUT2D eigenvalue weighted by atomic mass is 16.4. The SMILES string of the molecule is CC1(C(=O)O)CC2CC(C(=O)O)C1C2. The Kier molecular flexibility index (Phi) is 1.84. The van der Waals surface area contributed by atoms with Gasteiger partial charge in [-0.25, -0.2) is 0 Å². The zero-order valence-electron chi connectivity index (χ0n) is 8.06. The summed E-state index contributed by atoms with van der Waals surface area (Å²) in [5, 5.41) is 18.1. The predicted molar refractivity (Wildman–Crippen MR) is 47.7 cm³/mol. The summed E-state index contributed by atoms with van der Waals surface area (Å²) >= 11 is 0. The number of rotatable bonds is 2. The van der Waals surface area contributed by atoms with E-state index in [2.05, 4.69) is 0 Å². The minimum Gasteiger partial charge on any atom is -0.481 e. The van der Waals surface area contributed by atoms with Crippen molar-refractivity contribution >= 4 is 11.9 Å². The van der Waals surface area contributed by atoms with Crippen molar-refractivity contribution < 1.29 is 19.8 Å². The van der Waals surface area contributed by atoms with E-state index >= 15 is 0 Å². The van der Waals surface area contributed by atoms with Crippen LogP contribution < -0.4 is 0 Å². The van der Waals surface area contributed by atoms with Crippen LogP contribution in [0.5, 0.6) is 0 Å². The van der Waals surface area contributed by atoms with E-state index in [0.29, 0.717) is 18.8 Å². The number of carbonyl (C=O) groups is 2. The van der Waals surface area contributed by atoms with Crippen molar-refractivity contribution in [3.8, 4) is 0 Å². The van der Waals surface area contributed by atoms with E-state index in [-0.39, 0.29) is 5.92 Å². The van der Waals surface area contributed by atoms with Gasteiger partial charge in [0.25, 0.3) is 0 Å². The first-order chi connectivity index (χ1) is 6.45. The van der Waals surface area contributed by atoms with Crippen LogP contribution in [-0.2, 0) is 9.59 Å². The van der Waals surface area contributed by atoms with Crippen molar-refractivity contribution in [2.75, 3.05) is 0 Å². The Bertz CT molecular complexity index is 298. The van der Waals surface area contributed by atoms with Crippen molar-refractivity contribution in [2.45, 2.75) is 26.2 Å². The Balaban J connectivity index is 2.27. The highest BCUT2D eigenvalue weighted by Gasteiger charge is 2.58. The molecule has 0 heterocycles. The smallest absolute Gasteiger partial charge is 0.309 e. The van der Waals surface area contributed by atoms with Gasteiger partial charge in [-0.05, 0) is 38.0 Å². The molecule has 2 aliphatic carbocycles. The molecule has 2 fully saturated rings. The summed E-state index contributed by atoms with van der Waals surface area (Å²) in [6.45, 7) is 1.69. The zero-order valence-corrected chi connectivity index (χ0v) is 8.06. The lowest BCUT2D eigenvalue weighted by Crippen LogP contribution is -2.39. The molecule has 4 atom stereocenters. The van der Waals surface area contributed by atoms with Gasteiger partial charge in [0.05, 0.1) is 11.3 Å². The minimum absolute atomic E-state index is 0.164. The molecule has 2 N–H and O–H groups in total. The third-order valence-corrected chi connectivity index (χ3v) is 4.00. The molecule has 0 radical (unpaired) electrons. The second kappa shape index (κ2) is 2.72. The second-order valence-corrected chi connectivity index (χ2v) is 4.82. The summed E-state index contributed by atoms with van der Waals surface area (Å²) in [6, 6.07) is 0. The first-order valence-electron chi connectivity index (χ1n) is 4.91. The molecule has 14 heavy (non-hydrogen) atoms. The van der Waals surface area contributed by atoms with Crippen molar-refractivity contribution in [1.82, 2.24) is 0 Å². The fraction of sp³-hybridized carbons (Fsp3) is 0.800. The van der Waals surface area contributed by atoms with Crippen molar-refractivity contribution in [3.05, 3.63) is 0 Å². The normalized spacial score (nSPS) is 45.4. The maximum absolute atomic E-state index is 11.1. The Hall–Kier alpha value is -1.06. The van der Waals surface area contributed by atoms with Gasteiger partial charge >= 0.3 is 11.9 Å². The van der Waals surface area contributed by atoms with Crippen molar-refractivity contribution in [3.63, 3.8) is 0 Å². The molecule has 78 valence electrons. The molecular weight excluding hydrogens is 184 g/mol. The summed E-state index contributed by atoms with van der Waals surface area (Å²) in [5.74, 6) is -1.96. The molecule has 0 aromatic rings. The summed E-state index contributed by atoms with van der Waals surface area (Å²) < 4.78 is 0. The van der Waals surface area contributed by atoms with Crippen LogP contribution in [0.25, 0.3) is 0 Å². The Morgan fingerprint density at radius 1 is 1.29 bits per heavy atom. The average molecular weight is 198 g/mol. The number of carboxylic acids is 2. The van der Waals surface area contributed by atoms with Gasteiger partial charge in [-0.15, -0.1) is 0 Å². The minimum atomic E-state index is -0.837. The van der Waals surface area contributed by atoms with E-state index < -0.39 is 23.3 Å². The van der Waals surface area contributed by atoms with Crippen molar-refractivity contribution in [2.24, 2.45) is 23.2 Å². The van der Waals surface area contributed by atoms with Gasteiger partial charge in [0.1, 0.15) is 0 Å². The molecule has 2 rings (SSSR count). The third kappa shape index (κ3) is 1.06.